The van der Waals surface area contributed by atoms with Gasteiger partial charge in [0.1, 0.15) is 6.04 Å². The van der Waals surface area contributed by atoms with Crippen LogP contribution in [0.2, 0.25) is 0 Å². The lowest BCUT2D eigenvalue weighted by Crippen LogP contribution is -2.58. The van der Waals surface area contributed by atoms with Crippen LogP contribution in [0.3, 0.4) is 0 Å². The summed E-state index contributed by atoms with van der Waals surface area (Å²) < 4.78 is -0.516. The highest BCUT2D eigenvalue weighted by Crippen LogP contribution is 2.40. The predicted molar refractivity (Wildman–Crippen MR) is 114 cm³/mol. The Morgan fingerprint density at radius 3 is 2.50 bits per heavy atom. The second-order valence-corrected chi connectivity index (χ2v) is 10.1. The molecule has 0 aromatic heterocycles. The van der Waals surface area contributed by atoms with E-state index in [0.29, 0.717) is 12.5 Å². The molecule has 3 atom stereocenters. The van der Waals surface area contributed by atoms with Gasteiger partial charge in [-0.1, -0.05) is 30.3 Å². The number of nitrogens with zero attached hydrogens (tertiary/aromatic N) is 1. The SMILES string of the molecule is CC1(C)SCN(C(=O)[C@@H](O)[C@H](Cc2ccccc2)NC(=O)O)[C@@H]1C(=O)NCC1CC1. The normalized spacial score (nSPS) is 22.2. The minimum absolute atomic E-state index is 0.156. The third-order valence-electron chi connectivity index (χ3n) is 5.58. The number of hydrogen-bond donors (Lipinski definition) is 4. The van der Waals surface area contributed by atoms with Gasteiger partial charge in [-0.25, -0.2) is 4.79 Å². The average Bonchev–Trinajstić information content (AvgIpc) is 3.47. The lowest BCUT2D eigenvalue weighted by molar-refractivity contribution is -0.147. The number of aliphatic hydroxyl groups excluding tert-OH is 1. The molecule has 8 nitrogen and oxygen atoms in total. The number of rotatable bonds is 8. The fourth-order valence-electron chi connectivity index (χ4n) is 3.69. The number of carbonyl (C=O) groups excluding carboxylic acids is 2. The molecular weight excluding hydrogens is 406 g/mol. The van der Waals surface area contributed by atoms with Gasteiger partial charge < -0.3 is 25.7 Å². The Labute approximate surface area is 180 Å². The summed E-state index contributed by atoms with van der Waals surface area (Å²) >= 11 is 1.47. The molecule has 9 heteroatoms. The first-order valence-electron chi connectivity index (χ1n) is 10.1. The van der Waals surface area contributed by atoms with Crippen LogP contribution in [0.25, 0.3) is 0 Å². The van der Waals surface area contributed by atoms with Gasteiger partial charge in [0.25, 0.3) is 5.91 Å². The van der Waals surface area contributed by atoms with E-state index in [4.69, 9.17) is 0 Å². The number of benzene rings is 1. The number of carboxylic acid groups (broad SMARTS) is 1. The van der Waals surface area contributed by atoms with Crippen LogP contribution in [0.1, 0.15) is 32.3 Å². The van der Waals surface area contributed by atoms with Crippen LogP contribution in [0, 0.1) is 5.92 Å². The first kappa shape index (κ1) is 22.4. The van der Waals surface area contributed by atoms with Crippen LogP contribution in [-0.2, 0) is 16.0 Å². The van der Waals surface area contributed by atoms with Crippen molar-refractivity contribution in [2.24, 2.45) is 5.92 Å². The summed E-state index contributed by atoms with van der Waals surface area (Å²) in [6.45, 7) is 4.39. The molecule has 1 saturated carbocycles. The van der Waals surface area contributed by atoms with Crippen molar-refractivity contribution in [2.75, 3.05) is 12.4 Å². The van der Waals surface area contributed by atoms with Gasteiger partial charge in [0, 0.05) is 11.3 Å². The molecule has 0 unspecified atom stereocenters. The van der Waals surface area contributed by atoms with Crippen molar-refractivity contribution in [3.8, 4) is 0 Å². The zero-order valence-electron chi connectivity index (χ0n) is 17.2. The number of hydrogen-bond acceptors (Lipinski definition) is 5. The van der Waals surface area contributed by atoms with Gasteiger partial charge in [-0.05, 0) is 44.6 Å². The second-order valence-electron chi connectivity index (χ2n) is 8.47. The number of thioether (sulfide) groups is 1. The Hall–Kier alpha value is -2.26. The molecule has 1 aliphatic carbocycles. The number of aliphatic hydroxyl groups is 1. The highest BCUT2D eigenvalue weighted by atomic mass is 32.2. The monoisotopic (exact) mass is 435 g/mol. The van der Waals surface area contributed by atoms with E-state index in [1.165, 1.54) is 16.7 Å². The van der Waals surface area contributed by atoms with Crippen LogP contribution < -0.4 is 10.6 Å². The predicted octanol–water partition coefficient (Wildman–Crippen LogP) is 1.43. The first-order valence-corrected chi connectivity index (χ1v) is 11.1. The Kier molecular flexibility index (Phi) is 6.92. The maximum Gasteiger partial charge on any atom is 0.404 e. The minimum Gasteiger partial charge on any atom is -0.465 e. The molecular formula is C21H29N3O5S. The number of nitrogens with one attached hydrogen (secondary N) is 2. The van der Waals surface area contributed by atoms with Crippen LogP contribution in [0.4, 0.5) is 4.79 Å². The highest BCUT2D eigenvalue weighted by molar-refractivity contribution is 8.00. The van der Waals surface area contributed by atoms with Crippen molar-refractivity contribution in [3.05, 3.63) is 35.9 Å². The summed E-state index contributed by atoms with van der Waals surface area (Å²) in [5.74, 6) is -0.108. The summed E-state index contributed by atoms with van der Waals surface area (Å²) in [7, 11) is 0. The van der Waals surface area contributed by atoms with Crippen LogP contribution in [0.15, 0.2) is 30.3 Å². The van der Waals surface area contributed by atoms with E-state index in [9.17, 15) is 24.6 Å². The molecule has 4 N–H and O–H groups in total. The zero-order chi connectivity index (χ0) is 21.9. The lowest BCUT2D eigenvalue weighted by Gasteiger charge is -2.33. The van der Waals surface area contributed by atoms with Gasteiger partial charge in [0.2, 0.25) is 5.91 Å². The Morgan fingerprint density at radius 1 is 1.23 bits per heavy atom. The molecule has 164 valence electrons. The molecule has 0 spiro atoms. The van der Waals surface area contributed by atoms with Gasteiger partial charge in [-0.2, -0.15) is 0 Å². The van der Waals surface area contributed by atoms with Crippen molar-refractivity contribution in [3.63, 3.8) is 0 Å². The zero-order valence-corrected chi connectivity index (χ0v) is 18.0. The first-order chi connectivity index (χ1) is 14.2. The molecule has 30 heavy (non-hydrogen) atoms. The average molecular weight is 436 g/mol. The largest absolute Gasteiger partial charge is 0.465 e. The molecule has 2 aliphatic rings. The number of carbonyl (C=O) groups is 3. The standard InChI is InChI=1S/C21H29N3O5S/c1-21(2)17(18(26)22-11-14-8-9-14)24(12-30-21)19(27)16(25)15(23-20(28)29)10-13-6-4-3-5-7-13/h3-7,14-17,23,25H,8-12H2,1-2H3,(H,22,26)(H,28,29)/t15-,16-,17+/m0/s1. The molecule has 2 fully saturated rings. The van der Waals surface area contributed by atoms with Gasteiger partial charge in [-0.15, -0.1) is 11.8 Å². The van der Waals surface area contributed by atoms with Crippen LogP contribution >= 0.6 is 11.8 Å². The van der Waals surface area contributed by atoms with Crippen LogP contribution in [0.5, 0.6) is 0 Å². The minimum atomic E-state index is -1.60. The summed E-state index contributed by atoms with van der Waals surface area (Å²) in [5.41, 5.74) is 0.790. The summed E-state index contributed by atoms with van der Waals surface area (Å²) in [6.07, 6.45) is -0.561. The molecule has 3 amide bonds. The third-order valence-corrected chi connectivity index (χ3v) is 6.96. The quantitative estimate of drug-likeness (QED) is 0.491. The molecule has 0 bridgehead atoms. The van der Waals surface area contributed by atoms with Gasteiger partial charge in [0.05, 0.1) is 11.9 Å². The highest BCUT2D eigenvalue weighted by Gasteiger charge is 2.49. The Balaban J connectivity index is 1.74. The van der Waals surface area contributed by atoms with Gasteiger partial charge in [0.15, 0.2) is 6.10 Å². The molecule has 1 saturated heterocycles. The van der Waals surface area contributed by atoms with E-state index in [0.717, 1.165) is 18.4 Å². The summed E-state index contributed by atoms with van der Waals surface area (Å²) in [6, 6.07) is 7.29. The lowest BCUT2D eigenvalue weighted by atomic mass is 9.97. The third kappa shape index (κ3) is 5.46. The van der Waals surface area contributed by atoms with Crippen molar-refractivity contribution in [2.45, 2.75) is 56.0 Å². The van der Waals surface area contributed by atoms with E-state index in [2.05, 4.69) is 10.6 Å². The van der Waals surface area contributed by atoms with E-state index in [-0.39, 0.29) is 18.2 Å². The van der Waals surface area contributed by atoms with Gasteiger partial charge in [-0.3, -0.25) is 9.59 Å². The van der Waals surface area contributed by atoms with Crippen molar-refractivity contribution in [1.82, 2.24) is 15.5 Å². The smallest absolute Gasteiger partial charge is 0.404 e. The van der Waals surface area contributed by atoms with Crippen molar-refractivity contribution < 1.29 is 24.6 Å². The van der Waals surface area contributed by atoms with Crippen molar-refractivity contribution >= 4 is 29.7 Å². The maximum absolute atomic E-state index is 13.2. The molecule has 1 aromatic rings. The fourth-order valence-corrected chi connectivity index (χ4v) is 4.83. The second kappa shape index (κ2) is 9.26. The molecule has 3 rings (SSSR count). The van der Waals surface area contributed by atoms with Gasteiger partial charge >= 0.3 is 6.09 Å². The van der Waals surface area contributed by atoms with Crippen LogP contribution in [-0.4, -0.2) is 68.4 Å². The fraction of sp³-hybridized carbons (Fsp3) is 0.571. The van der Waals surface area contributed by atoms with E-state index >= 15 is 0 Å². The Bertz CT molecular complexity index is 784. The van der Waals surface area contributed by atoms with E-state index in [1.807, 2.05) is 19.9 Å². The topological polar surface area (TPSA) is 119 Å². The molecule has 1 aromatic carbocycles. The number of amides is 3. The molecule has 0 radical (unpaired) electrons. The Morgan fingerprint density at radius 2 is 1.90 bits per heavy atom. The maximum atomic E-state index is 13.2. The molecule has 1 aliphatic heterocycles. The summed E-state index contributed by atoms with van der Waals surface area (Å²) in [5, 5.41) is 25.2. The summed E-state index contributed by atoms with van der Waals surface area (Å²) in [4.78, 5) is 38.7. The van der Waals surface area contributed by atoms with E-state index in [1.54, 1.807) is 24.3 Å². The van der Waals surface area contributed by atoms with E-state index < -0.39 is 34.9 Å². The molecule has 1 heterocycles. The van der Waals surface area contributed by atoms with Crippen molar-refractivity contribution in [1.29, 1.82) is 0 Å².